The Morgan fingerprint density at radius 3 is 2.50 bits per heavy atom. The van der Waals surface area contributed by atoms with Gasteiger partial charge in [-0.1, -0.05) is 12.5 Å². The number of ketones is 1. The Kier molecular flexibility index (Phi) is 3.19. The first-order chi connectivity index (χ1) is 8.18. The first kappa shape index (κ1) is 13.8. The van der Waals surface area contributed by atoms with Gasteiger partial charge in [0, 0.05) is 6.42 Å². The molecular weight excluding hydrogens is 228 g/mol. The fraction of sp³-hybridized carbons (Fsp3) is 0.800. The second-order valence-electron chi connectivity index (χ2n) is 6.77. The lowest BCUT2D eigenvalue weighted by Gasteiger charge is -2.54. The lowest BCUT2D eigenvalue weighted by atomic mass is 9.53. The molecule has 2 aliphatic carbocycles. The molecule has 0 radical (unpaired) electrons. The number of carbonyl (C=O) groups is 1. The van der Waals surface area contributed by atoms with E-state index in [2.05, 4.69) is 6.92 Å². The summed E-state index contributed by atoms with van der Waals surface area (Å²) in [7, 11) is 0. The SMILES string of the molecule is CC(C)=C1CC2C(C)(CCC(O)C2(C)O)CC1=O. The molecule has 0 aliphatic heterocycles. The average molecular weight is 252 g/mol. The van der Waals surface area contributed by atoms with Crippen LogP contribution in [0, 0.1) is 11.3 Å². The van der Waals surface area contributed by atoms with E-state index < -0.39 is 11.7 Å². The predicted octanol–water partition coefficient (Wildman–Crippen LogP) is 2.21. The van der Waals surface area contributed by atoms with E-state index >= 15 is 0 Å². The third kappa shape index (κ3) is 1.94. The molecule has 0 amide bonds. The molecule has 0 aromatic rings. The number of aliphatic hydroxyl groups is 2. The summed E-state index contributed by atoms with van der Waals surface area (Å²) in [5, 5.41) is 20.6. The summed E-state index contributed by atoms with van der Waals surface area (Å²) >= 11 is 0. The molecule has 2 aliphatic rings. The van der Waals surface area contributed by atoms with Crippen molar-refractivity contribution in [2.75, 3.05) is 0 Å². The van der Waals surface area contributed by atoms with E-state index in [1.54, 1.807) is 6.92 Å². The second kappa shape index (κ2) is 4.17. The Hall–Kier alpha value is -0.670. The van der Waals surface area contributed by atoms with Crippen molar-refractivity contribution < 1.29 is 15.0 Å². The minimum absolute atomic E-state index is 0.0312. The van der Waals surface area contributed by atoms with Crippen LogP contribution in [0.3, 0.4) is 0 Å². The Labute approximate surface area is 109 Å². The fourth-order valence-corrected chi connectivity index (χ4v) is 3.81. The molecule has 0 saturated heterocycles. The zero-order valence-corrected chi connectivity index (χ0v) is 11.8. The van der Waals surface area contributed by atoms with Crippen LogP contribution in [0.4, 0.5) is 0 Å². The highest BCUT2D eigenvalue weighted by atomic mass is 16.3. The number of fused-ring (bicyclic) bond motifs is 1. The number of Topliss-reactive ketones (excluding diaryl/α,β-unsaturated/α-hetero) is 1. The zero-order valence-electron chi connectivity index (χ0n) is 11.8. The topological polar surface area (TPSA) is 57.5 Å². The van der Waals surface area contributed by atoms with Crippen molar-refractivity contribution in [2.45, 2.75) is 65.1 Å². The van der Waals surface area contributed by atoms with E-state index in [9.17, 15) is 15.0 Å². The van der Waals surface area contributed by atoms with E-state index in [1.807, 2.05) is 13.8 Å². The normalized spacial score (nSPS) is 44.8. The Morgan fingerprint density at radius 2 is 1.94 bits per heavy atom. The van der Waals surface area contributed by atoms with Gasteiger partial charge in [0.25, 0.3) is 0 Å². The summed E-state index contributed by atoms with van der Waals surface area (Å²) in [6, 6.07) is 0. The molecule has 0 heterocycles. The van der Waals surface area contributed by atoms with Gasteiger partial charge in [0.05, 0.1) is 11.7 Å². The Balaban J connectivity index is 2.41. The number of allylic oxidation sites excluding steroid dienone is 2. The van der Waals surface area contributed by atoms with Gasteiger partial charge in [0.15, 0.2) is 5.78 Å². The van der Waals surface area contributed by atoms with Crippen LogP contribution in [-0.2, 0) is 4.79 Å². The molecular formula is C15H24O3. The van der Waals surface area contributed by atoms with Gasteiger partial charge in [-0.15, -0.1) is 0 Å². The van der Waals surface area contributed by atoms with Crippen molar-refractivity contribution in [1.29, 1.82) is 0 Å². The van der Waals surface area contributed by atoms with E-state index in [4.69, 9.17) is 0 Å². The summed E-state index contributed by atoms with van der Waals surface area (Å²) in [5.74, 6) is 0.192. The van der Waals surface area contributed by atoms with Gasteiger partial charge in [0.1, 0.15) is 0 Å². The highest BCUT2D eigenvalue weighted by Gasteiger charge is 2.55. The van der Waals surface area contributed by atoms with Crippen molar-refractivity contribution in [2.24, 2.45) is 11.3 Å². The molecule has 102 valence electrons. The van der Waals surface area contributed by atoms with Gasteiger partial charge in [-0.05, 0) is 56.9 Å². The molecule has 0 aromatic carbocycles. The molecule has 3 nitrogen and oxygen atoms in total. The summed E-state index contributed by atoms with van der Waals surface area (Å²) < 4.78 is 0. The van der Waals surface area contributed by atoms with Crippen LogP contribution in [0.1, 0.15) is 53.4 Å². The molecule has 0 bridgehead atoms. The lowest BCUT2D eigenvalue weighted by Crippen LogP contribution is -2.58. The van der Waals surface area contributed by atoms with Crippen LogP contribution in [0.25, 0.3) is 0 Å². The van der Waals surface area contributed by atoms with Gasteiger partial charge in [-0.3, -0.25) is 4.79 Å². The van der Waals surface area contributed by atoms with Crippen molar-refractivity contribution in [3.8, 4) is 0 Å². The lowest BCUT2D eigenvalue weighted by molar-refractivity contribution is -0.175. The third-order valence-electron chi connectivity index (χ3n) is 5.12. The van der Waals surface area contributed by atoms with Crippen LogP contribution >= 0.6 is 0 Å². The number of rotatable bonds is 0. The molecule has 2 N–H and O–H groups in total. The standard InChI is InChI=1S/C15H24O3/c1-9(2)10-7-12-14(3,8-11(10)16)6-5-13(17)15(12,4)18/h12-13,17-18H,5-8H2,1-4H3. The zero-order chi connectivity index (χ0) is 13.7. The van der Waals surface area contributed by atoms with Crippen LogP contribution in [-0.4, -0.2) is 27.7 Å². The summed E-state index contributed by atoms with van der Waals surface area (Å²) in [5.41, 5.74) is 0.637. The monoisotopic (exact) mass is 252 g/mol. The van der Waals surface area contributed by atoms with E-state index in [0.29, 0.717) is 19.3 Å². The van der Waals surface area contributed by atoms with E-state index in [0.717, 1.165) is 17.6 Å². The van der Waals surface area contributed by atoms with Crippen molar-refractivity contribution >= 4 is 5.78 Å². The molecule has 4 atom stereocenters. The first-order valence-corrected chi connectivity index (χ1v) is 6.78. The fourth-order valence-electron chi connectivity index (χ4n) is 3.81. The molecule has 0 aromatic heterocycles. The van der Waals surface area contributed by atoms with Crippen molar-refractivity contribution in [3.63, 3.8) is 0 Å². The average Bonchev–Trinajstić information content (AvgIpc) is 2.23. The number of hydrogen-bond donors (Lipinski definition) is 2. The Morgan fingerprint density at radius 1 is 1.33 bits per heavy atom. The van der Waals surface area contributed by atoms with Gasteiger partial charge >= 0.3 is 0 Å². The van der Waals surface area contributed by atoms with Crippen LogP contribution in [0.2, 0.25) is 0 Å². The van der Waals surface area contributed by atoms with Gasteiger partial charge < -0.3 is 10.2 Å². The molecule has 3 heteroatoms. The highest BCUT2D eigenvalue weighted by Crippen LogP contribution is 2.54. The third-order valence-corrected chi connectivity index (χ3v) is 5.12. The largest absolute Gasteiger partial charge is 0.390 e. The number of carbonyl (C=O) groups excluding carboxylic acids is 1. The van der Waals surface area contributed by atoms with Crippen LogP contribution in [0.15, 0.2) is 11.1 Å². The molecule has 2 saturated carbocycles. The maximum absolute atomic E-state index is 12.2. The summed E-state index contributed by atoms with van der Waals surface area (Å²) in [6.45, 7) is 7.70. The van der Waals surface area contributed by atoms with Gasteiger partial charge in [-0.2, -0.15) is 0 Å². The molecule has 18 heavy (non-hydrogen) atoms. The summed E-state index contributed by atoms with van der Waals surface area (Å²) in [6.07, 6.45) is 1.82. The molecule has 2 rings (SSSR count). The van der Waals surface area contributed by atoms with Gasteiger partial charge in [0.2, 0.25) is 0 Å². The first-order valence-electron chi connectivity index (χ1n) is 6.78. The minimum Gasteiger partial charge on any atom is -0.390 e. The highest BCUT2D eigenvalue weighted by molar-refractivity contribution is 5.97. The predicted molar refractivity (Wildman–Crippen MR) is 70.1 cm³/mol. The number of aliphatic hydroxyl groups excluding tert-OH is 1. The molecule has 4 unspecified atom stereocenters. The molecule has 2 fully saturated rings. The van der Waals surface area contributed by atoms with Crippen LogP contribution in [0.5, 0.6) is 0 Å². The second-order valence-corrected chi connectivity index (χ2v) is 6.77. The van der Waals surface area contributed by atoms with Crippen LogP contribution < -0.4 is 0 Å². The number of hydrogen-bond acceptors (Lipinski definition) is 3. The Bertz CT molecular complexity index is 404. The maximum atomic E-state index is 12.2. The minimum atomic E-state index is -1.09. The van der Waals surface area contributed by atoms with Crippen molar-refractivity contribution in [1.82, 2.24) is 0 Å². The van der Waals surface area contributed by atoms with E-state index in [-0.39, 0.29) is 17.1 Å². The van der Waals surface area contributed by atoms with Crippen molar-refractivity contribution in [3.05, 3.63) is 11.1 Å². The quantitative estimate of drug-likeness (QED) is 0.650. The maximum Gasteiger partial charge on any atom is 0.159 e. The summed E-state index contributed by atoms with van der Waals surface area (Å²) in [4.78, 5) is 12.2. The smallest absolute Gasteiger partial charge is 0.159 e. The van der Waals surface area contributed by atoms with E-state index in [1.165, 1.54) is 0 Å². The molecule has 0 spiro atoms. The van der Waals surface area contributed by atoms with Gasteiger partial charge in [-0.25, -0.2) is 0 Å².